The summed E-state index contributed by atoms with van der Waals surface area (Å²) in [6.45, 7) is 0.436. The molecule has 4 nitrogen and oxygen atoms in total. The molecule has 3 rings (SSSR count). The van der Waals surface area contributed by atoms with Crippen LogP contribution in [0.2, 0.25) is 0 Å². The van der Waals surface area contributed by atoms with Gasteiger partial charge in [0, 0.05) is 5.69 Å². The Morgan fingerprint density at radius 2 is 2.00 bits per heavy atom. The van der Waals surface area contributed by atoms with E-state index in [0.717, 1.165) is 5.69 Å². The van der Waals surface area contributed by atoms with E-state index in [4.69, 9.17) is 0 Å². The van der Waals surface area contributed by atoms with Crippen molar-refractivity contribution in [1.29, 1.82) is 0 Å². The third-order valence-electron chi connectivity index (χ3n) is 2.70. The number of fused-ring (bicyclic) bond motifs is 1. The molecular formula is C11H7BrFN3O. The first-order valence-corrected chi connectivity index (χ1v) is 5.75. The third-order valence-corrected chi connectivity index (χ3v) is 3.36. The second-order valence-electron chi connectivity index (χ2n) is 3.70. The number of amides is 1. The van der Waals surface area contributed by atoms with Gasteiger partial charge in [-0.3, -0.25) is 9.47 Å². The highest BCUT2D eigenvalue weighted by molar-refractivity contribution is 9.10. The third kappa shape index (κ3) is 1.56. The van der Waals surface area contributed by atoms with E-state index in [1.54, 1.807) is 17.0 Å². The van der Waals surface area contributed by atoms with Crippen LogP contribution in [0.3, 0.4) is 0 Å². The van der Waals surface area contributed by atoms with Crippen molar-refractivity contribution in [3.63, 3.8) is 0 Å². The molecular weight excluding hydrogens is 289 g/mol. The number of rotatable bonds is 1. The molecule has 1 aromatic carbocycles. The first-order chi connectivity index (χ1) is 8.16. The maximum atomic E-state index is 12.8. The fraction of sp³-hybridized carbons (Fsp3) is 0.0909. The second kappa shape index (κ2) is 3.66. The normalized spacial score (nSPS) is 14.2. The molecule has 1 aliphatic rings. The molecule has 2 heterocycles. The van der Waals surface area contributed by atoms with Gasteiger partial charge in [0.1, 0.15) is 16.7 Å². The molecule has 0 aliphatic carbocycles. The van der Waals surface area contributed by atoms with Gasteiger partial charge < -0.3 is 0 Å². The number of halogens is 2. The van der Waals surface area contributed by atoms with Gasteiger partial charge >= 0.3 is 6.03 Å². The Balaban J connectivity index is 1.99. The maximum Gasteiger partial charge on any atom is 0.334 e. The van der Waals surface area contributed by atoms with Gasteiger partial charge in [0.25, 0.3) is 0 Å². The summed E-state index contributed by atoms with van der Waals surface area (Å²) < 4.78 is 15.0. The molecule has 1 aliphatic heterocycles. The van der Waals surface area contributed by atoms with Crippen LogP contribution in [0.1, 0.15) is 5.69 Å². The predicted molar refractivity (Wildman–Crippen MR) is 63.3 cm³/mol. The fourth-order valence-electron chi connectivity index (χ4n) is 1.83. The van der Waals surface area contributed by atoms with Crippen molar-refractivity contribution >= 4 is 27.6 Å². The van der Waals surface area contributed by atoms with E-state index in [9.17, 15) is 9.18 Å². The van der Waals surface area contributed by atoms with Crippen LogP contribution in [-0.4, -0.2) is 15.6 Å². The van der Waals surface area contributed by atoms with Gasteiger partial charge in [-0.05, 0) is 40.2 Å². The zero-order chi connectivity index (χ0) is 12.0. The van der Waals surface area contributed by atoms with Crippen molar-refractivity contribution in [2.45, 2.75) is 6.54 Å². The van der Waals surface area contributed by atoms with Crippen molar-refractivity contribution < 1.29 is 9.18 Å². The minimum Gasteiger partial charge on any atom is -0.288 e. The van der Waals surface area contributed by atoms with Gasteiger partial charge in [0.15, 0.2) is 0 Å². The Labute approximate surface area is 105 Å². The lowest BCUT2D eigenvalue weighted by atomic mass is 10.3. The molecule has 0 spiro atoms. The highest BCUT2D eigenvalue weighted by Gasteiger charge is 2.30. The summed E-state index contributed by atoms with van der Waals surface area (Å²) in [4.78, 5) is 17.6. The van der Waals surface area contributed by atoms with E-state index < -0.39 is 0 Å². The largest absolute Gasteiger partial charge is 0.334 e. The van der Waals surface area contributed by atoms with E-state index in [2.05, 4.69) is 20.9 Å². The minimum absolute atomic E-state index is 0.176. The standard InChI is InChI=1S/C11H7BrFN3O/c12-10-9-5-15(11(17)16(9)6-14-10)8-3-1-7(13)2-4-8/h1-4,6H,5H2. The highest BCUT2D eigenvalue weighted by Crippen LogP contribution is 2.28. The average molecular weight is 296 g/mol. The molecule has 0 saturated carbocycles. The Hall–Kier alpha value is -1.69. The molecule has 86 valence electrons. The van der Waals surface area contributed by atoms with Gasteiger partial charge in [-0.25, -0.2) is 14.2 Å². The van der Waals surface area contributed by atoms with Gasteiger partial charge in [0.05, 0.1) is 12.2 Å². The maximum absolute atomic E-state index is 12.8. The molecule has 0 unspecified atom stereocenters. The van der Waals surface area contributed by atoms with E-state index >= 15 is 0 Å². The van der Waals surface area contributed by atoms with Gasteiger partial charge in [-0.15, -0.1) is 0 Å². The topological polar surface area (TPSA) is 38.1 Å². The molecule has 0 radical (unpaired) electrons. The summed E-state index contributed by atoms with van der Waals surface area (Å²) in [6, 6.07) is 5.67. The number of imidazole rings is 1. The highest BCUT2D eigenvalue weighted by atomic mass is 79.9. The van der Waals surface area contributed by atoms with Crippen LogP contribution in [-0.2, 0) is 6.54 Å². The second-order valence-corrected chi connectivity index (χ2v) is 4.45. The van der Waals surface area contributed by atoms with Crippen LogP contribution in [0.25, 0.3) is 0 Å². The Morgan fingerprint density at radius 3 is 2.65 bits per heavy atom. The molecule has 17 heavy (non-hydrogen) atoms. The van der Waals surface area contributed by atoms with Gasteiger partial charge in [-0.1, -0.05) is 0 Å². The quantitative estimate of drug-likeness (QED) is 0.811. The van der Waals surface area contributed by atoms with Gasteiger partial charge in [0.2, 0.25) is 0 Å². The zero-order valence-electron chi connectivity index (χ0n) is 8.60. The molecule has 0 atom stereocenters. The Morgan fingerprint density at radius 1 is 1.29 bits per heavy atom. The first kappa shape index (κ1) is 10.5. The summed E-state index contributed by atoms with van der Waals surface area (Å²) in [6.07, 6.45) is 1.48. The first-order valence-electron chi connectivity index (χ1n) is 4.96. The lowest BCUT2D eigenvalue weighted by Crippen LogP contribution is -2.25. The van der Waals surface area contributed by atoms with E-state index in [-0.39, 0.29) is 11.8 Å². The zero-order valence-corrected chi connectivity index (χ0v) is 10.2. The van der Waals surface area contributed by atoms with Crippen molar-refractivity contribution in [2.75, 3.05) is 4.90 Å². The molecule has 0 fully saturated rings. The van der Waals surface area contributed by atoms with Crippen LogP contribution in [0.4, 0.5) is 14.9 Å². The number of hydrogen-bond donors (Lipinski definition) is 0. The van der Waals surface area contributed by atoms with Crippen molar-refractivity contribution in [3.8, 4) is 0 Å². The molecule has 1 amide bonds. The average Bonchev–Trinajstić information content (AvgIpc) is 2.83. The van der Waals surface area contributed by atoms with Crippen LogP contribution in [0, 0.1) is 5.82 Å². The number of hydrogen-bond acceptors (Lipinski definition) is 2. The van der Waals surface area contributed by atoms with Crippen LogP contribution >= 0.6 is 15.9 Å². The molecule has 6 heteroatoms. The summed E-state index contributed by atoms with van der Waals surface area (Å²) >= 11 is 3.29. The lowest BCUT2D eigenvalue weighted by Gasteiger charge is -2.14. The van der Waals surface area contributed by atoms with Crippen molar-refractivity contribution in [1.82, 2.24) is 9.55 Å². The van der Waals surface area contributed by atoms with Crippen LogP contribution in [0.15, 0.2) is 35.2 Å². The number of carbonyl (C=O) groups excluding carboxylic acids is 1. The Kier molecular flexibility index (Phi) is 2.25. The van der Waals surface area contributed by atoms with E-state index in [1.807, 2.05) is 0 Å². The van der Waals surface area contributed by atoms with E-state index in [1.165, 1.54) is 23.0 Å². The summed E-state index contributed by atoms with van der Waals surface area (Å²) in [5, 5.41) is 0. The van der Waals surface area contributed by atoms with E-state index in [0.29, 0.717) is 16.8 Å². The number of nitrogens with zero attached hydrogens (tertiary/aromatic N) is 3. The van der Waals surface area contributed by atoms with Crippen LogP contribution < -0.4 is 4.90 Å². The number of carbonyl (C=O) groups is 1. The smallest absolute Gasteiger partial charge is 0.288 e. The van der Waals surface area contributed by atoms with Crippen molar-refractivity contribution in [2.24, 2.45) is 0 Å². The van der Waals surface area contributed by atoms with Crippen molar-refractivity contribution in [3.05, 3.63) is 46.7 Å². The lowest BCUT2D eigenvalue weighted by molar-refractivity contribution is 0.250. The molecule has 0 N–H and O–H groups in total. The summed E-state index contributed by atoms with van der Waals surface area (Å²) in [5.41, 5.74) is 1.48. The fourth-order valence-corrected chi connectivity index (χ4v) is 2.24. The van der Waals surface area contributed by atoms with Crippen LogP contribution in [0.5, 0.6) is 0 Å². The number of anilines is 1. The predicted octanol–water partition coefficient (Wildman–Crippen LogP) is 2.77. The number of aromatic nitrogens is 2. The summed E-state index contributed by atoms with van der Waals surface area (Å²) in [5.74, 6) is -0.317. The molecule has 2 aromatic rings. The molecule has 0 bridgehead atoms. The monoisotopic (exact) mass is 295 g/mol. The number of benzene rings is 1. The molecule has 0 saturated heterocycles. The van der Waals surface area contributed by atoms with Gasteiger partial charge in [-0.2, -0.15) is 0 Å². The Bertz CT molecular complexity index is 593. The molecule has 1 aromatic heterocycles. The summed E-state index contributed by atoms with van der Waals surface area (Å²) in [7, 11) is 0. The SMILES string of the molecule is O=C1N(c2ccc(F)cc2)Cc2c(Br)ncn21. The minimum atomic E-state index is -0.317.